The molecule has 1 unspecified atom stereocenters. The number of likely N-dealkylation sites (tertiary alicyclic amines) is 1. The minimum atomic E-state index is -0.882. The first kappa shape index (κ1) is 12.4. The van der Waals surface area contributed by atoms with Crippen molar-refractivity contribution in [2.24, 2.45) is 0 Å². The van der Waals surface area contributed by atoms with E-state index in [9.17, 15) is 9.59 Å². The number of carboxylic acid groups (broad SMARTS) is 1. The van der Waals surface area contributed by atoms with Crippen molar-refractivity contribution in [3.8, 4) is 0 Å². The van der Waals surface area contributed by atoms with E-state index < -0.39 is 12.0 Å². The number of carbonyl (C=O) groups is 2. The van der Waals surface area contributed by atoms with Gasteiger partial charge in [0, 0.05) is 19.6 Å². The third-order valence-electron chi connectivity index (χ3n) is 3.56. The van der Waals surface area contributed by atoms with E-state index in [-0.39, 0.29) is 12.0 Å². The van der Waals surface area contributed by atoms with E-state index in [0.29, 0.717) is 19.4 Å². The molecule has 0 aromatic rings. The summed E-state index contributed by atoms with van der Waals surface area (Å²) in [6, 6.07) is -0.605. The van der Waals surface area contributed by atoms with Crippen molar-refractivity contribution in [1.29, 1.82) is 0 Å². The van der Waals surface area contributed by atoms with Crippen LogP contribution in [0.4, 0.5) is 0 Å². The Balaban J connectivity index is 1.80. The molecule has 2 aliphatic heterocycles. The number of ether oxygens (including phenoxy) is 1. The largest absolute Gasteiger partial charge is 0.480 e. The Labute approximate surface area is 101 Å². The maximum absolute atomic E-state index is 11.9. The lowest BCUT2D eigenvalue weighted by Gasteiger charge is -2.22. The average molecular weight is 241 g/mol. The van der Waals surface area contributed by atoms with Crippen LogP contribution in [-0.2, 0) is 14.3 Å². The third-order valence-corrected chi connectivity index (χ3v) is 3.56. The molecule has 2 heterocycles. The van der Waals surface area contributed by atoms with E-state index >= 15 is 0 Å². The molecule has 2 fully saturated rings. The predicted molar refractivity (Wildman–Crippen MR) is 60.6 cm³/mol. The summed E-state index contributed by atoms with van der Waals surface area (Å²) in [7, 11) is 0. The highest BCUT2D eigenvalue weighted by atomic mass is 16.5. The van der Waals surface area contributed by atoms with E-state index in [1.165, 1.54) is 4.90 Å². The van der Waals surface area contributed by atoms with Gasteiger partial charge in [0.25, 0.3) is 0 Å². The SMILES string of the molecule is O=C(O)[C@H]1CCCN1C(=O)CCC1CCCO1. The van der Waals surface area contributed by atoms with Crippen LogP contribution in [0.25, 0.3) is 0 Å². The molecule has 5 nitrogen and oxygen atoms in total. The molecule has 1 amide bonds. The molecular weight excluding hydrogens is 222 g/mol. The van der Waals surface area contributed by atoms with Gasteiger partial charge in [-0.05, 0) is 32.1 Å². The smallest absolute Gasteiger partial charge is 0.326 e. The zero-order chi connectivity index (χ0) is 12.3. The first-order valence-electron chi connectivity index (χ1n) is 6.32. The number of nitrogens with zero attached hydrogens (tertiary/aromatic N) is 1. The van der Waals surface area contributed by atoms with Gasteiger partial charge in [-0.15, -0.1) is 0 Å². The Morgan fingerprint density at radius 2 is 2.12 bits per heavy atom. The molecule has 17 heavy (non-hydrogen) atoms. The van der Waals surface area contributed by atoms with Crippen LogP contribution in [0, 0.1) is 0 Å². The van der Waals surface area contributed by atoms with Crippen molar-refractivity contribution in [1.82, 2.24) is 4.90 Å². The number of hydrogen-bond acceptors (Lipinski definition) is 3. The number of hydrogen-bond donors (Lipinski definition) is 1. The van der Waals surface area contributed by atoms with Gasteiger partial charge in [-0.2, -0.15) is 0 Å². The normalized spacial score (nSPS) is 28.6. The molecule has 5 heteroatoms. The zero-order valence-corrected chi connectivity index (χ0v) is 9.93. The van der Waals surface area contributed by atoms with E-state index in [2.05, 4.69) is 0 Å². The van der Waals surface area contributed by atoms with Crippen molar-refractivity contribution in [3.05, 3.63) is 0 Å². The van der Waals surface area contributed by atoms with Gasteiger partial charge in [-0.3, -0.25) is 4.79 Å². The number of carbonyl (C=O) groups excluding carboxylic acids is 1. The summed E-state index contributed by atoms with van der Waals surface area (Å²) < 4.78 is 5.45. The molecular formula is C12H19NO4. The van der Waals surface area contributed by atoms with Gasteiger partial charge in [0.15, 0.2) is 0 Å². The first-order chi connectivity index (χ1) is 8.18. The number of rotatable bonds is 4. The highest BCUT2D eigenvalue weighted by Crippen LogP contribution is 2.21. The van der Waals surface area contributed by atoms with Crippen LogP contribution >= 0.6 is 0 Å². The monoisotopic (exact) mass is 241 g/mol. The highest BCUT2D eigenvalue weighted by molar-refractivity contribution is 5.84. The third kappa shape index (κ3) is 2.97. The fourth-order valence-corrected chi connectivity index (χ4v) is 2.62. The molecule has 0 spiro atoms. The molecule has 0 saturated carbocycles. The molecule has 0 radical (unpaired) electrons. The molecule has 2 saturated heterocycles. The summed E-state index contributed by atoms with van der Waals surface area (Å²) in [6.07, 6.45) is 4.81. The lowest BCUT2D eigenvalue weighted by atomic mass is 10.1. The Bertz CT molecular complexity index is 299. The van der Waals surface area contributed by atoms with E-state index in [1.807, 2.05) is 0 Å². The van der Waals surface area contributed by atoms with E-state index in [0.717, 1.165) is 32.3 Å². The Hall–Kier alpha value is -1.10. The van der Waals surface area contributed by atoms with Crippen molar-refractivity contribution in [2.45, 2.75) is 50.7 Å². The molecule has 2 aliphatic rings. The summed E-state index contributed by atoms with van der Waals surface area (Å²) in [5, 5.41) is 8.99. The standard InChI is InChI=1S/C12H19NO4/c14-11(6-5-9-3-2-8-17-9)13-7-1-4-10(13)12(15)16/h9-10H,1-8H2,(H,15,16)/t9?,10-/m1/s1. The fourth-order valence-electron chi connectivity index (χ4n) is 2.62. The average Bonchev–Trinajstić information content (AvgIpc) is 2.96. The van der Waals surface area contributed by atoms with Crippen molar-refractivity contribution in [3.63, 3.8) is 0 Å². The van der Waals surface area contributed by atoms with Gasteiger partial charge in [-0.25, -0.2) is 4.79 Å². The van der Waals surface area contributed by atoms with Crippen LogP contribution in [0.2, 0.25) is 0 Å². The molecule has 0 bridgehead atoms. The first-order valence-corrected chi connectivity index (χ1v) is 6.32. The second-order valence-corrected chi connectivity index (χ2v) is 4.76. The van der Waals surface area contributed by atoms with Gasteiger partial charge < -0.3 is 14.7 Å². The summed E-state index contributed by atoms with van der Waals surface area (Å²) in [5.41, 5.74) is 0. The van der Waals surface area contributed by atoms with Gasteiger partial charge >= 0.3 is 5.97 Å². The van der Waals surface area contributed by atoms with Crippen LogP contribution in [0.3, 0.4) is 0 Å². The van der Waals surface area contributed by atoms with Crippen LogP contribution in [-0.4, -0.2) is 47.2 Å². The van der Waals surface area contributed by atoms with Crippen molar-refractivity contribution >= 4 is 11.9 Å². The number of carboxylic acids is 1. The lowest BCUT2D eigenvalue weighted by molar-refractivity contribution is -0.148. The summed E-state index contributed by atoms with van der Waals surface area (Å²) in [6.45, 7) is 1.38. The molecule has 0 aromatic carbocycles. The van der Waals surface area contributed by atoms with E-state index in [1.54, 1.807) is 0 Å². The predicted octanol–water partition coefficient (Wildman–Crippen LogP) is 1.02. The van der Waals surface area contributed by atoms with Gasteiger partial charge in [0.1, 0.15) is 6.04 Å². The quantitative estimate of drug-likeness (QED) is 0.798. The molecule has 1 N–H and O–H groups in total. The van der Waals surface area contributed by atoms with Crippen LogP contribution in [0.5, 0.6) is 0 Å². The second-order valence-electron chi connectivity index (χ2n) is 4.76. The minimum absolute atomic E-state index is 0.0367. The number of aliphatic carboxylic acids is 1. The zero-order valence-electron chi connectivity index (χ0n) is 9.93. The lowest BCUT2D eigenvalue weighted by Crippen LogP contribution is -2.40. The second kappa shape index (κ2) is 5.49. The van der Waals surface area contributed by atoms with E-state index in [4.69, 9.17) is 9.84 Å². The molecule has 2 rings (SSSR count). The maximum atomic E-state index is 11.9. The van der Waals surface area contributed by atoms with Gasteiger partial charge in [0.05, 0.1) is 6.10 Å². The summed E-state index contributed by atoms with van der Waals surface area (Å²) in [5.74, 6) is -0.918. The van der Waals surface area contributed by atoms with Gasteiger partial charge in [-0.1, -0.05) is 0 Å². The molecule has 2 atom stereocenters. The molecule has 96 valence electrons. The van der Waals surface area contributed by atoms with Crippen LogP contribution in [0.15, 0.2) is 0 Å². The highest BCUT2D eigenvalue weighted by Gasteiger charge is 2.33. The fraction of sp³-hybridized carbons (Fsp3) is 0.833. The Morgan fingerprint density at radius 3 is 2.76 bits per heavy atom. The van der Waals surface area contributed by atoms with Crippen molar-refractivity contribution in [2.75, 3.05) is 13.2 Å². The minimum Gasteiger partial charge on any atom is -0.480 e. The Morgan fingerprint density at radius 1 is 1.29 bits per heavy atom. The number of amides is 1. The molecule has 0 aromatic heterocycles. The van der Waals surface area contributed by atoms with Crippen LogP contribution in [0.1, 0.15) is 38.5 Å². The van der Waals surface area contributed by atoms with Crippen molar-refractivity contribution < 1.29 is 19.4 Å². The van der Waals surface area contributed by atoms with Gasteiger partial charge in [0.2, 0.25) is 5.91 Å². The topological polar surface area (TPSA) is 66.8 Å². The van der Waals surface area contributed by atoms with Crippen LogP contribution < -0.4 is 0 Å². The maximum Gasteiger partial charge on any atom is 0.326 e. The summed E-state index contributed by atoms with van der Waals surface area (Å²) in [4.78, 5) is 24.4. The Kier molecular flexibility index (Phi) is 3.99. The summed E-state index contributed by atoms with van der Waals surface area (Å²) >= 11 is 0. The molecule has 0 aliphatic carbocycles.